The van der Waals surface area contributed by atoms with Crippen LogP contribution >= 0.6 is 35.6 Å². The molecule has 0 saturated carbocycles. The van der Waals surface area contributed by atoms with Crippen LogP contribution in [0.4, 0.5) is 5.69 Å². The molecule has 9 heteroatoms. The van der Waals surface area contributed by atoms with Crippen molar-refractivity contribution < 1.29 is 9.59 Å². The summed E-state index contributed by atoms with van der Waals surface area (Å²) in [5.41, 5.74) is 3.33. The Morgan fingerprint density at radius 2 is 1.81 bits per heavy atom. The molecule has 0 aliphatic rings. The minimum absolute atomic E-state index is 0. The number of guanidine groups is 1. The van der Waals surface area contributed by atoms with Crippen molar-refractivity contribution in [2.75, 3.05) is 32.5 Å². The van der Waals surface area contributed by atoms with Gasteiger partial charge in [0.2, 0.25) is 5.91 Å². The SMILES string of the molecule is CN=C(NCCC(=O)Nc1ccc(C)cc1Cl)NCCc1cccc(C(=O)NC)c1.I. The number of hydrogen-bond donors (Lipinski definition) is 4. The summed E-state index contributed by atoms with van der Waals surface area (Å²) in [6.07, 6.45) is 1.01. The first-order valence-electron chi connectivity index (χ1n) is 9.74. The van der Waals surface area contributed by atoms with Crippen LogP contribution in [0, 0.1) is 6.92 Å². The lowest BCUT2D eigenvalue weighted by Crippen LogP contribution is -2.39. The topological polar surface area (TPSA) is 94.6 Å². The van der Waals surface area contributed by atoms with Gasteiger partial charge in [0.25, 0.3) is 5.91 Å². The second kappa shape index (κ2) is 13.9. The maximum absolute atomic E-state index is 12.1. The van der Waals surface area contributed by atoms with Crippen molar-refractivity contribution in [3.05, 3.63) is 64.2 Å². The van der Waals surface area contributed by atoms with Crippen LogP contribution in [0.25, 0.3) is 0 Å². The Morgan fingerprint density at radius 1 is 1.06 bits per heavy atom. The zero-order valence-corrected chi connectivity index (χ0v) is 21.0. The van der Waals surface area contributed by atoms with Crippen molar-refractivity contribution in [2.45, 2.75) is 19.8 Å². The Kier molecular flexibility index (Phi) is 11.9. The minimum Gasteiger partial charge on any atom is -0.356 e. The molecule has 0 heterocycles. The summed E-state index contributed by atoms with van der Waals surface area (Å²) in [5.74, 6) is 0.376. The molecule has 31 heavy (non-hydrogen) atoms. The third-order valence-electron chi connectivity index (χ3n) is 4.39. The number of amides is 2. The van der Waals surface area contributed by atoms with E-state index in [0.717, 1.165) is 17.5 Å². The van der Waals surface area contributed by atoms with Gasteiger partial charge >= 0.3 is 0 Å². The van der Waals surface area contributed by atoms with Gasteiger partial charge in [-0.15, -0.1) is 24.0 Å². The fourth-order valence-corrected chi connectivity index (χ4v) is 3.07. The predicted octanol–water partition coefficient (Wildman–Crippen LogP) is 3.36. The molecule has 0 bridgehead atoms. The summed E-state index contributed by atoms with van der Waals surface area (Å²) >= 11 is 6.14. The molecular formula is C22H29ClIN5O2. The maximum atomic E-state index is 12.1. The van der Waals surface area contributed by atoms with E-state index in [1.165, 1.54) is 0 Å². The van der Waals surface area contributed by atoms with Crippen LogP contribution < -0.4 is 21.3 Å². The predicted molar refractivity (Wildman–Crippen MR) is 138 cm³/mol. The third-order valence-corrected chi connectivity index (χ3v) is 4.70. The van der Waals surface area contributed by atoms with E-state index in [4.69, 9.17) is 11.6 Å². The molecule has 0 radical (unpaired) electrons. The van der Waals surface area contributed by atoms with Crippen molar-refractivity contribution in [1.82, 2.24) is 16.0 Å². The van der Waals surface area contributed by atoms with E-state index >= 15 is 0 Å². The lowest BCUT2D eigenvalue weighted by atomic mass is 10.1. The number of aliphatic imine (C=N–C) groups is 1. The number of nitrogens with zero attached hydrogens (tertiary/aromatic N) is 1. The number of aryl methyl sites for hydroxylation is 1. The first-order chi connectivity index (χ1) is 14.4. The third kappa shape index (κ3) is 9.14. The van der Waals surface area contributed by atoms with Crippen LogP contribution in [-0.4, -0.2) is 45.0 Å². The van der Waals surface area contributed by atoms with Gasteiger partial charge in [0.1, 0.15) is 0 Å². The molecule has 2 aromatic rings. The van der Waals surface area contributed by atoms with E-state index in [1.54, 1.807) is 26.2 Å². The summed E-state index contributed by atoms with van der Waals surface area (Å²) in [4.78, 5) is 28.0. The van der Waals surface area contributed by atoms with Gasteiger partial charge in [-0.05, 0) is 48.7 Å². The van der Waals surface area contributed by atoms with Crippen molar-refractivity contribution in [1.29, 1.82) is 0 Å². The summed E-state index contributed by atoms with van der Waals surface area (Å²) in [6, 6.07) is 13.0. The zero-order chi connectivity index (χ0) is 21.9. The number of hydrogen-bond acceptors (Lipinski definition) is 3. The lowest BCUT2D eigenvalue weighted by molar-refractivity contribution is -0.116. The molecule has 0 aliphatic heterocycles. The first kappa shape index (κ1) is 26.7. The van der Waals surface area contributed by atoms with Crippen molar-refractivity contribution in [2.24, 2.45) is 4.99 Å². The number of carbonyl (C=O) groups excluding carboxylic acids is 2. The fourth-order valence-electron chi connectivity index (χ4n) is 2.79. The largest absolute Gasteiger partial charge is 0.356 e. The molecule has 2 amide bonds. The lowest BCUT2D eigenvalue weighted by Gasteiger charge is -2.12. The molecular weight excluding hydrogens is 529 g/mol. The second-order valence-corrected chi connectivity index (χ2v) is 7.14. The monoisotopic (exact) mass is 557 g/mol. The Balaban J connectivity index is 0.00000480. The van der Waals surface area contributed by atoms with Gasteiger partial charge in [0.05, 0.1) is 10.7 Å². The first-order valence-corrected chi connectivity index (χ1v) is 10.1. The molecule has 2 aromatic carbocycles. The van der Waals surface area contributed by atoms with Gasteiger partial charge in [-0.1, -0.05) is 29.8 Å². The van der Waals surface area contributed by atoms with Crippen LogP contribution in [0.3, 0.4) is 0 Å². The zero-order valence-electron chi connectivity index (χ0n) is 17.9. The molecule has 0 saturated heterocycles. The molecule has 0 spiro atoms. The molecule has 0 aromatic heterocycles. The average Bonchev–Trinajstić information content (AvgIpc) is 2.74. The second-order valence-electron chi connectivity index (χ2n) is 6.74. The minimum atomic E-state index is -0.130. The highest BCUT2D eigenvalue weighted by Gasteiger charge is 2.07. The Hall–Kier alpha value is -2.33. The van der Waals surface area contributed by atoms with Gasteiger partial charge in [-0.3, -0.25) is 14.6 Å². The Morgan fingerprint density at radius 3 is 2.48 bits per heavy atom. The van der Waals surface area contributed by atoms with Gasteiger partial charge in [-0.2, -0.15) is 0 Å². The van der Waals surface area contributed by atoms with Crippen LogP contribution in [0.5, 0.6) is 0 Å². The molecule has 0 unspecified atom stereocenters. The molecule has 0 fully saturated rings. The summed E-state index contributed by atoms with van der Waals surface area (Å²) in [7, 11) is 3.29. The van der Waals surface area contributed by atoms with E-state index in [2.05, 4.69) is 26.3 Å². The molecule has 2 rings (SSSR count). The standard InChI is InChI=1S/C22H28ClN5O2.HI/c1-15-7-8-19(18(23)13-15)28-20(29)10-12-27-22(25-3)26-11-9-16-5-4-6-17(14-16)21(30)24-2;/h4-8,13-14H,9-12H2,1-3H3,(H,24,30)(H,28,29)(H2,25,26,27);1H. The average molecular weight is 558 g/mol. The number of nitrogens with one attached hydrogen (secondary N) is 4. The summed E-state index contributed by atoms with van der Waals surface area (Å²) in [5, 5.41) is 12.3. The van der Waals surface area contributed by atoms with Gasteiger partial charge in [0, 0.05) is 39.2 Å². The van der Waals surface area contributed by atoms with E-state index in [1.807, 2.05) is 37.3 Å². The van der Waals surface area contributed by atoms with Crippen LogP contribution in [-0.2, 0) is 11.2 Å². The Bertz CT molecular complexity index is 921. The molecule has 0 aliphatic carbocycles. The highest BCUT2D eigenvalue weighted by Crippen LogP contribution is 2.22. The normalized spacial score (nSPS) is 10.6. The van der Waals surface area contributed by atoms with E-state index < -0.39 is 0 Å². The smallest absolute Gasteiger partial charge is 0.251 e. The number of halogens is 2. The molecule has 4 N–H and O–H groups in total. The quantitative estimate of drug-likeness (QED) is 0.227. The summed E-state index contributed by atoms with van der Waals surface area (Å²) < 4.78 is 0. The number of carbonyl (C=O) groups is 2. The van der Waals surface area contributed by atoms with Crippen molar-refractivity contribution in [3.63, 3.8) is 0 Å². The number of rotatable bonds is 8. The van der Waals surface area contributed by atoms with E-state index in [0.29, 0.717) is 35.3 Å². The summed E-state index contributed by atoms with van der Waals surface area (Å²) in [6.45, 7) is 3.02. The van der Waals surface area contributed by atoms with Crippen LogP contribution in [0.15, 0.2) is 47.5 Å². The molecule has 168 valence electrons. The van der Waals surface area contributed by atoms with Gasteiger partial charge in [-0.25, -0.2) is 0 Å². The maximum Gasteiger partial charge on any atom is 0.251 e. The van der Waals surface area contributed by atoms with Gasteiger partial charge < -0.3 is 21.3 Å². The van der Waals surface area contributed by atoms with Crippen molar-refractivity contribution >= 4 is 59.0 Å². The Labute approximate surface area is 205 Å². The van der Waals surface area contributed by atoms with Crippen molar-refractivity contribution in [3.8, 4) is 0 Å². The molecule has 7 nitrogen and oxygen atoms in total. The van der Waals surface area contributed by atoms with Crippen LogP contribution in [0.1, 0.15) is 27.9 Å². The number of benzene rings is 2. The van der Waals surface area contributed by atoms with Crippen LogP contribution in [0.2, 0.25) is 5.02 Å². The molecule has 0 atom stereocenters. The van der Waals surface area contributed by atoms with Gasteiger partial charge in [0.15, 0.2) is 5.96 Å². The fraction of sp³-hybridized carbons (Fsp3) is 0.318. The number of anilines is 1. The highest BCUT2D eigenvalue weighted by molar-refractivity contribution is 14.0. The van der Waals surface area contributed by atoms with E-state index in [-0.39, 0.29) is 42.2 Å². The van der Waals surface area contributed by atoms with E-state index in [9.17, 15) is 9.59 Å². The highest BCUT2D eigenvalue weighted by atomic mass is 127.